The highest BCUT2D eigenvalue weighted by Gasteiger charge is 2.64. The lowest BCUT2D eigenvalue weighted by Gasteiger charge is -2.42. The summed E-state index contributed by atoms with van der Waals surface area (Å²) in [6.45, 7) is 8.41. The molecule has 584 valence electrons. The standard InChI is InChI=1S/C80H104ClN9O18/c1-51-21-20-28-67(104-13)80(100)46-66(106-77(98)82-80)53(3)75-79(5,108-75)68(45-71(94)85(8)65-43-55(41-51)42-52(2)74(65)81)107-76(97)54(4)84(7)69(92)32-33-87(35-38-101-10)72(95)48-89(37-40-103-12)73(96)49-88(36-39-102-11)70(93)30-29-58(91)31-34-90-57(44-56-22-14-19-27-64(56)90)47-83(6)86(9)78(99)105-50-63-61-25-17-15-23-59(61)60-24-16-18-26-62(60)63/h14-28,42-44,53-54,63,66-68,75,100H,29-41,45-50H2,1-13H3,(H,82,98)/b28-20+,51-21+/t53-,54+,66+,67-,68+,75?,79+,80-/m1/s1. The van der Waals surface area contributed by atoms with Gasteiger partial charge in [0, 0.05) is 145 Å². The Morgan fingerprint density at radius 1 is 0.759 bits per heavy atom. The van der Waals surface area contributed by atoms with Gasteiger partial charge in [0.1, 0.15) is 42.3 Å². The Kier molecular flexibility index (Phi) is 28.7. The number of halogens is 1. The van der Waals surface area contributed by atoms with Crippen molar-refractivity contribution in [2.24, 2.45) is 5.92 Å². The molecule has 0 saturated carbocycles. The number of esters is 1. The second-order valence-corrected chi connectivity index (χ2v) is 28.9. The number of carbonyl (C=O) groups excluding carboxylic acids is 9. The molecule has 0 spiro atoms. The summed E-state index contributed by atoms with van der Waals surface area (Å²) in [7, 11) is 12.2. The van der Waals surface area contributed by atoms with Crippen LogP contribution in [0.15, 0.2) is 115 Å². The fourth-order valence-corrected chi connectivity index (χ4v) is 14.6. The monoisotopic (exact) mass is 1510 g/mol. The van der Waals surface area contributed by atoms with E-state index in [1.54, 1.807) is 52.2 Å². The number of ketones is 1. The zero-order chi connectivity index (χ0) is 78.3. The SMILES string of the molecule is COCCN(CCC(=O)N(C)[C@@H](C)C(=O)O[C@H]1CC(=O)N(C)c2cc(cc(C)c2Cl)C/C(C)=C/C=C/[C@@H](OC)[C@]2(O)C[C@H](OC(=O)N2)[C@@H](C)C2O[C@]21C)C(=O)CN(CCOC)C(=O)CN(CCOC)C(=O)CCC(=O)CCn1c(CN(C)N(C)C(=O)OCC2c3ccccc3-c3ccccc32)cc2ccccc21. The average molecular weight is 1520 g/mol. The number of hydrazine groups is 1. The van der Waals surface area contributed by atoms with Gasteiger partial charge in [-0.1, -0.05) is 115 Å². The van der Waals surface area contributed by atoms with Crippen molar-refractivity contribution in [2.75, 3.05) is 127 Å². The van der Waals surface area contributed by atoms with E-state index in [1.807, 2.05) is 91.2 Å². The van der Waals surface area contributed by atoms with Crippen LogP contribution in [0.5, 0.6) is 0 Å². The molecule has 0 radical (unpaired) electrons. The summed E-state index contributed by atoms with van der Waals surface area (Å²) in [5, 5.41) is 19.0. The van der Waals surface area contributed by atoms with Gasteiger partial charge in [0.2, 0.25) is 29.5 Å². The number of likely N-dealkylation sites (N-methyl/N-ethyl adjacent to an activating group) is 1. The zero-order valence-corrected chi connectivity index (χ0v) is 65.0. The summed E-state index contributed by atoms with van der Waals surface area (Å²) in [5.41, 5.74) is 5.83. The minimum atomic E-state index is -1.91. The van der Waals surface area contributed by atoms with E-state index in [9.17, 15) is 48.3 Å². The third-order valence-electron chi connectivity index (χ3n) is 21.2. The topological polar surface area (TPSA) is 291 Å². The number of aliphatic hydroxyl groups is 1. The number of rotatable bonds is 31. The van der Waals surface area contributed by atoms with Crippen LogP contribution in [0.1, 0.15) is 100 Å². The minimum Gasteiger partial charge on any atom is -0.457 e. The predicted molar refractivity (Wildman–Crippen MR) is 404 cm³/mol. The number of aromatic nitrogens is 1. The van der Waals surface area contributed by atoms with Gasteiger partial charge in [-0.2, -0.15) is 0 Å². The number of anilines is 1. The van der Waals surface area contributed by atoms with Crippen LogP contribution in [-0.2, 0) is 91.0 Å². The third kappa shape index (κ3) is 20.1. The van der Waals surface area contributed by atoms with Gasteiger partial charge in [0.15, 0.2) is 5.72 Å². The van der Waals surface area contributed by atoms with E-state index in [4.69, 9.17) is 49.5 Å². The van der Waals surface area contributed by atoms with Crippen LogP contribution < -0.4 is 10.2 Å². The van der Waals surface area contributed by atoms with Crippen molar-refractivity contribution < 1.29 is 86.2 Å². The fourth-order valence-electron chi connectivity index (χ4n) is 14.3. The summed E-state index contributed by atoms with van der Waals surface area (Å²) in [6.07, 6.45) is -0.822. The van der Waals surface area contributed by atoms with E-state index in [1.165, 1.54) is 71.9 Å². The molecule has 2 fully saturated rings. The first-order valence-electron chi connectivity index (χ1n) is 36.5. The number of nitrogens with one attached hydrogen (secondary N) is 1. The van der Waals surface area contributed by atoms with Crippen molar-refractivity contribution in [1.82, 2.24) is 39.5 Å². The van der Waals surface area contributed by atoms with Gasteiger partial charge < -0.3 is 72.1 Å². The zero-order valence-electron chi connectivity index (χ0n) is 64.2. The van der Waals surface area contributed by atoms with Gasteiger partial charge >= 0.3 is 18.2 Å². The van der Waals surface area contributed by atoms with Crippen molar-refractivity contribution in [3.05, 3.63) is 148 Å². The van der Waals surface area contributed by atoms with Crippen LogP contribution in [0, 0.1) is 12.8 Å². The number of carbonyl (C=O) groups is 9. The molecule has 108 heavy (non-hydrogen) atoms. The normalized spacial score (nSPS) is 21.6. The molecular formula is C80H104ClN9O18. The van der Waals surface area contributed by atoms with E-state index >= 15 is 0 Å². The molecule has 4 bridgehead atoms. The summed E-state index contributed by atoms with van der Waals surface area (Å²) in [5.74, 6) is -4.49. The molecule has 28 heteroatoms. The van der Waals surface area contributed by atoms with Crippen molar-refractivity contribution >= 4 is 81.7 Å². The van der Waals surface area contributed by atoms with E-state index in [0.717, 1.165) is 50.0 Å². The molecule has 1 aromatic heterocycles. The Balaban J connectivity index is 0.804. The van der Waals surface area contributed by atoms with Crippen molar-refractivity contribution in [1.29, 1.82) is 0 Å². The highest BCUT2D eigenvalue weighted by molar-refractivity contribution is 6.34. The molecule has 5 aromatic rings. The van der Waals surface area contributed by atoms with Crippen LogP contribution >= 0.6 is 11.6 Å². The second kappa shape index (κ2) is 37.4. The van der Waals surface area contributed by atoms with Gasteiger partial charge in [0.25, 0.3) is 0 Å². The maximum atomic E-state index is 14.6. The number of hydrogen-bond acceptors (Lipinski definition) is 19. The van der Waals surface area contributed by atoms with Gasteiger partial charge in [-0.3, -0.25) is 34.1 Å². The Labute approximate surface area is 636 Å². The predicted octanol–water partition coefficient (Wildman–Crippen LogP) is 8.25. The minimum absolute atomic E-state index is 0.00204. The Bertz CT molecular complexity index is 4100. The quantitative estimate of drug-likeness (QED) is 0.0183. The molecule has 4 aromatic carbocycles. The number of amides is 7. The second-order valence-electron chi connectivity index (χ2n) is 28.5. The number of benzene rings is 4. The van der Waals surface area contributed by atoms with Gasteiger partial charge in [-0.05, 0) is 91.1 Å². The number of hydrogen-bond donors (Lipinski definition) is 2. The average Bonchev–Trinajstić information content (AvgIpc) is 1.56. The molecular weight excluding hydrogens is 1410 g/mol. The molecule has 3 aliphatic heterocycles. The largest absolute Gasteiger partial charge is 0.457 e. The number of Topliss-reactive ketones (excluding diaryl/α,β-unsaturated/α-hetero) is 1. The number of epoxide rings is 1. The van der Waals surface area contributed by atoms with Gasteiger partial charge in [0.05, 0.1) is 62.7 Å². The summed E-state index contributed by atoms with van der Waals surface area (Å²) in [4.78, 5) is 133. The van der Waals surface area contributed by atoms with Crippen LogP contribution in [0.25, 0.3) is 22.0 Å². The van der Waals surface area contributed by atoms with Gasteiger partial charge in [-0.15, -0.1) is 0 Å². The third-order valence-corrected chi connectivity index (χ3v) is 21.6. The highest BCUT2D eigenvalue weighted by atomic mass is 35.5. The number of alkyl carbamates (subject to hydrolysis) is 1. The molecule has 4 heterocycles. The molecule has 7 amide bonds. The highest BCUT2D eigenvalue weighted by Crippen LogP contribution is 2.50. The van der Waals surface area contributed by atoms with Crippen molar-refractivity contribution in [2.45, 2.75) is 140 Å². The molecule has 1 unspecified atom stereocenters. The Hall–Kier alpha value is -9.06. The number of para-hydroxylation sites is 1. The van der Waals surface area contributed by atoms with Crippen LogP contribution in [0.4, 0.5) is 15.3 Å². The summed E-state index contributed by atoms with van der Waals surface area (Å²) >= 11 is 6.90. The molecule has 27 nitrogen and oxygen atoms in total. The van der Waals surface area contributed by atoms with Crippen LogP contribution in [0.3, 0.4) is 0 Å². The van der Waals surface area contributed by atoms with Crippen LogP contribution in [0.2, 0.25) is 5.02 Å². The maximum absolute atomic E-state index is 14.6. The van der Waals surface area contributed by atoms with E-state index in [2.05, 4.69) is 29.6 Å². The van der Waals surface area contributed by atoms with Crippen molar-refractivity contribution in [3.63, 3.8) is 0 Å². The number of aryl methyl sites for hydroxylation is 2. The number of ether oxygens (including phenoxy) is 8. The number of allylic oxidation sites excluding steroid dienone is 3. The summed E-state index contributed by atoms with van der Waals surface area (Å²) in [6, 6.07) is 28.6. The first kappa shape index (κ1) is 83.0. The maximum Gasteiger partial charge on any atom is 0.424 e. The molecule has 1 aliphatic carbocycles. The van der Waals surface area contributed by atoms with E-state index in [-0.39, 0.29) is 103 Å². The number of nitrogens with zero attached hydrogens (tertiary/aromatic N) is 8. The summed E-state index contributed by atoms with van der Waals surface area (Å²) < 4.78 is 48.1. The first-order chi connectivity index (χ1) is 51.5. The first-order valence-corrected chi connectivity index (χ1v) is 36.9. The molecule has 2 saturated heterocycles. The lowest BCUT2D eigenvalue weighted by Crippen LogP contribution is -2.63. The molecule has 9 rings (SSSR count). The lowest BCUT2D eigenvalue weighted by molar-refractivity contribution is -0.162. The Morgan fingerprint density at radius 2 is 1.37 bits per heavy atom. The lowest BCUT2D eigenvalue weighted by atomic mass is 9.83. The smallest absolute Gasteiger partial charge is 0.424 e. The van der Waals surface area contributed by atoms with E-state index in [0.29, 0.717) is 29.2 Å². The molecule has 8 atom stereocenters. The van der Waals surface area contributed by atoms with Crippen LogP contribution in [-0.4, -0.2) is 257 Å². The number of methoxy groups -OCH3 is 4. The van der Waals surface area contributed by atoms with Crippen molar-refractivity contribution in [3.8, 4) is 11.1 Å². The number of fused-ring (bicyclic) bond motifs is 9. The van der Waals surface area contributed by atoms with Gasteiger partial charge in [-0.25, -0.2) is 24.4 Å². The molecule has 2 N–H and O–H groups in total. The fraction of sp³-hybridized carbons (Fsp3) is 0.512. The molecule has 4 aliphatic rings. The Morgan fingerprint density at radius 3 is 2.02 bits per heavy atom. The van der Waals surface area contributed by atoms with E-state index < -0.39 is 115 Å².